The minimum atomic E-state index is 0.813. The molecule has 1 heterocycles. The molecule has 2 aliphatic rings. The Morgan fingerprint density at radius 2 is 1.29 bits per heavy atom. The molecule has 2 fully saturated rings. The summed E-state index contributed by atoms with van der Waals surface area (Å²) in [5.41, 5.74) is 3.35. The summed E-state index contributed by atoms with van der Waals surface area (Å²) in [5.74, 6) is 1.68. The third kappa shape index (κ3) is 2.40. The van der Waals surface area contributed by atoms with Crippen molar-refractivity contribution >= 4 is 0 Å². The zero-order valence-electron chi connectivity index (χ0n) is 10.6. The van der Waals surface area contributed by atoms with Gasteiger partial charge in [-0.1, -0.05) is 37.1 Å². The van der Waals surface area contributed by atoms with Crippen LogP contribution in [0.5, 0.6) is 0 Å². The lowest BCUT2D eigenvalue weighted by atomic mass is 9.82. The van der Waals surface area contributed by atoms with Gasteiger partial charge in [0.1, 0.15) is 0 Å². The third-order valence-corrected chi connectivity index (χ3v) is 4.57. The first-order chi connectivity index (χ1) is 8.45. The summed E-state index contributed by atoms with van der Waals surface area (Å²) >= 11 is 0. The molecule has 0 unspecified atom stereocenters. The Kier molecular flexibility index (Phi) is 3.46. The first kappa shape index (κ1) is 11.3. The van der Waals surface area contributed by atoms with Crippen LogP contribution in [-0.4, -0.2) is 13.1 Å². The number of benzene rings is 1. The zero-order chi connectivity index (χ0) is 11.5. The molecule has 1 aliphatic heterocycles. The summed E-state index contributed by atoms with van der Waals surface area (Å²) < 4.78 is 0. The van der Waals surface area contributed by atoms with Crippen LogP contribution in [-0.2, 0) is 0 Å². The smallest absolute Gasteiger partial charge is 0.00431 e. The van der Waals surface area contributed by atoms with E-state index in [1.54, 1.807) is 11.1 Å². The van der Waals surface area contributed by atoms with Crippen molar-refractivity contribution in [2.75, 3.05) is 13.1 Å². The maximum absolute atomic E-state index is 3.47. The number of piperidine rings is 1. The van der Waals surface area contributed by atoms with Gasteiger partial charge in [0, 0.05) is 0 Å². The maximum atomic E-state index is 3.47. The molecule has 1 N–H and O–H groups in total. The number of hydrogen-bond donors (Lipinski definition) is 1. The summed E-state index contributed by atoms with van der Waals surface area (Å²) in [7, 11) is 0. The van der Waals surface area contributed by atoms with E-state index in [9.17, 15) is 0 Å². The molecular weight excluding hydrogens is 206 g/mol. The highest BCUT2D eigenvalue weighted by Crippen LogP contribution is 2.39. The lowest BCUT2D eigenvalue weighted by Gasteiger charge is -2.27. The van der Waals surface area contributed by atoms with Gasteiger partial charge in [0.15, 0.2) is 0 Å². The van der Waals surface area contributed by atoms with Gasteiger partial charge in [-0.05, 0) is 61.7 Å². The van der Waals surface area contributed by atoms with Crippen LogP contribution in [0.25, 0.3) is 0 Å². The van der Waals surface area contributed by atoms with Gasteiger partial charge in [-0.2, -0.15) is 0 Å². The van der Waals surface area contributed by atoms with E-state index in [0.29, 0.717) is 0 Å². The van der Waals surface area contributed by atoms with Crippen LogP contribution >= 0.6 is 0 Å². The van der Waals surface area contributed by atoms with Crippen molar-refractivity contribution in [3.05, 3.63) is 35.4 Å². The lowest BCUT2D eigenvalue weighted by molar-refractivity contribution is 0.456. The molecule has 17 heavy (non-hydrogen) atoms. The van der Waals surface area contributed by atoms with Crippen LogP contribution in [0.3, 0.4) is 0 Å². The average Bonchev–Trinajstić information content (AvgIpc) is 2.94. The van der Waals surface area contributed by atoms with Gasteiger partial charge in [0.2, 0.25) is 0 Å². The number of hydrogen-bond acceptors (Lipinski definition) is 1. The van der Waals surface area contributed by atoms with Crippen LogP contribution in [0.15, 0.2) is 24.3 Å². The van der Waals surface area contributed by atoms with E-state index in [4.69, 9.17) is 0 Å². The van der Waals surface area contributed by atoms with E-state index in [-0.39, 0.29) is 0 Å². The van der Waals surface area contributed by atoms with Crippen LogP contribution in [0, 0.1) is 0 Å². The SMILES string of the molecule is c1ccc(C2CCNCC2)c(C2CCCC2)c1. The Balaban J connectivity index is 1.86. The number of nitrogens with one attached hydrogen (secondary N) is 1. The first-order valence-corrected chi connectivity index (χ1v) is 7.24. The summed E-state index contributed by atoms with van der Waals surface area (Å²) in [6.45, 7) is 2.40. The Morgan fingerprint density at radius 1 is 0.765 bits per heavy atom. The number of rotatable bonds is 2. The van der Waals surface area contributed by atoms with Gasteiger partial charge in [-0.3, -0.25) is 0 Å². The topological polar surface area (TPSA) is 12.0 Å². The fraction of sp³-hybridized carbons (Fsp3) is 0.625. The summed E-state index contributed by atoms with van der Waals surface area (Å²) in [4.78, 5) is 0. The minimum Gasteiger partial charge on any atom is -0.317 e. The summed E-state index contributed by atoms with van der Waals surface area (Å²) in [5, 5.41) is 3.47. The highest BCUT2D eigenvalue weighted by atomic mass is 14.9. The molecular formula is C16H23N. The van der Waals surface area contributed by atoms with Crippen molar-refractivity contribution < 1.29 is 0 Å². The van der Waals surface area contributed by atoms with Crippen molar-refractivity contribution in [1.82, 2.24) is 5.32 Å². The lowest BCUT2D eigenvalue weighted by Crippen LogP contribution is -2.27. The van der Waals surface area contributed by atoms with Crippen LogP contribution in [0.4, 0.5) is 0 Å². The van der Waals surface area contributed by atoms with Crippen LogP contribution in [0.2, 0.25) is 0 Å². The monoisotopic (exact) mass is 229 g/mol. The molecule has 92 valence electrons. The second-order valence-corrected chi connectivity index (χ2v) is 5.63. The molecule has 1 aromatic rings. The normalized spacial score (nSPS) is 23.1. The van der Waals surface area contributed by atoms with E-state index in [0.717, 1.165) is 11.8 Å². The quantitative estimate of drug-likeness (QED) is 0.813. The van der Waals surface area contributed by atoms with Crippen molar-refractivity contribution in [3.8, 4) is 0 Å². The van der Waals surface area contributed by atoms with Crippen molar-refractivity contribution in [2.45, 2.75) is 50.4 Å². The second-order valence-electron chi connectivity index (χ2n) is 5.63. The van der Waals surface area contributed by atoms with Gasteiger partial charge >= 0.3 is 0 Å². The van der Waals surface area contributed by atoms with E-state index in [1.807, 2.05) is 0 Å². The van der Waals surface area contributed by atoms with E-state index in [1.165, 1.54) is 51.6 Å². The van der Waals surface area contributed by atoms with Gasteiger partial charge in [0.25, 0.3) is 0 Å². The fourth-order valence-corrected chi connectivity index (χ4v) is 3.62. The Hall–Kier alpha value is -0.820. The molecule has 0 amide bonds. The molecule has 1 saturated carbocycles. The molecule has 1 aromatic carbocycles. The third-order valence-electron chi connectivity index (χ3n) is 4.57. The molecule has 1 aliphatic carbocycles. The van der Waals surface area contributed by atoms with Gasteiger partial charge < -0.3 is 5.32 Å². The minimum absolute atomic E-state index is 0.813. The van der Waals surface area contributed by atoms with E-state index < -0.39 is 0 Å². The van der Waals surface area contributed by atoms with Crippen molar-refractivity contribution in [2.24, 2.45) is 0 Å². The summed E-state index contributed by atoms with van der Waals surface area (Å²) in [6, 6.07) is 9.26. The van der Waals surface area contributed by atoms with Crippen LogP contribution in [0.1, 0.15) is 61.5 Å². The Labute approximate surface area is 105 Å². The predicted molar refractivity (Wildman–Crippen MR) is 72.5 cm³/mol. The van der Waals surface area contributed by atoms with Crippen molar-refractivity contribution in [1.29, 1.82) is 0 Å². The van der Waals surface area contributed by atoms with Gasteiger partial charge in [0.05, 0.1) is 0 Å². The second kappa shape index (κ2) is 5.22. The first-order valence-electron chi connectivity index (χ1n) is 7.24. The van der Waals surface area contributed by atoms with E-state index >= 15 is 0 Å². The zero-order valence-corrected chi connectivity index (χ0v) is 10.6. The molecule has 1 saturated heterocycles. The molecule has 3 rings (SSSR count). The Bertz CT molecular complexity index is 360. The average molecular weight is 229 g/mol. The molecule has 0 spiro atoms. The van der Waals surface area contributed by atoms with Crippen molar-refractivity contribution in [3.63, 3.8) is 0 Å². The predicted octanol–water partition coefficient (Wildman–Crippen LogP) is 3.81. The molecule has 1 nitrogen and oxygen atoms in total. The standard InChI is InChI=1S/C16H23N/c1-2-6-13(5-1)15-7-3-4-8-16(15)14-9-11-17-12-10-14/h3-4,7-8,13-14,17H,1-2,5-6,9-12H2. The molecule has 1 heteroatoms. The maximum Gasteiger partial charge on any atom is -0.00431 e. The molecule has 0 radical (unpaired) electrons. The van der Waals surface area contributed by atoms with Gasteiger partial charge in [-0.25, -0.2) is 0 Å². The summed E-state index contributed by atoms with van der Waals surface area (Å²) in [6.07, 6.45) is 8.36. The van der Waals surface area contributed by atoms with Crippen LogP contribution < -0.4 is 5.32 Å². The van der Waals surface area contributed by atoms with E-state index in [2.05, 4.69) is 29.6 Å². The molecule has 0 atom stereocenters. The highest BCUT2D eigenvalue weighted by molar-refractivity contribution is 5.34. The highest BCUT2D eigenvalue weighted by Gasteiger charge is 2.23. The largest absolute Gasteiger partial charge is 0.317 e. The molecule has 0 bridgehead atoms. The molecule has 0 aromatic heterocycles. The van der Waals surface area contributed by atoms with Gasteiger partial charge in [-0.15, -0.1) is 0 Å². The fourth-order valence-electron chi connectivity index (χ4n) is 3.62. The Morgan fingerprint density at radius 3 is 1.88 bits per heavy atom.